The smallest absolute Gasteiger partial charge is 0.240 e. The van der Waals surface area contributed by atoms with Crippen molar-refractivity contribution in [2.45, 2.75) is 50.5 Å². The Morgan fingerprint density at radius 2 is 1.90 bits per heavy atom. The lowest BCUT2D eigenvalue weighted by Crippen LogP contribution is -2.46. The van der Waals surface area contributed by atoms with Gasteiger partial charge < -0.3 is 20.5 Å². The zero-order chi connectivity index (χ0) is 21.3. The number of imide groups is 1. The molecule has 8 heteroatoms. The molecule has 2 saturated carbocycles. The summed E-state index contributed by atoms with van der Waals surface area (Å²) in [7, 11) is 0. The second-order valence-corrected chi connectivity index (χ2v) is 9.72. The fourth-order valence-corrected chi connectivity index (χ4v) is 6.50. The summed E-state index contributed by atoms with van der Waals surface area (Å²) in [6.45, 7) is 0.436. The highest BCUT2D eigenvalue weighted by Gasteiger charge is 2.60. The van der Waals surface area contributed by atoms with Gasteiger partial charge in [0.15, 0.2) is 0 Å². The molecule has 8 nitrogen and oxygen atoms in total. The molecule has 0 aromatic heterocycles. The van der Waals surface area contributed by atoms with Crippen LogP contribution in [0.3, 0.4) is 0 Å². The number of amides is 3. The van der Waals surface area contributed by atoms with Crippen molar-refractivity contribution in [2.75, 3.05) is 18.5 Å². The number of nitrogens with zero attached hydrogens (tertiary/aromatic N) is 1. The van der Waals surface area contributed by atoms with Gasteiger partial charge in [0.05, 0.1) is 36.7 Å². The molecular formula is C23H27N3O5. The van der Waals surface area contributed by atoms with Crippen LogP contribution >= 0.6 is 0 Å². The number of rotatable bonds is 4. The number of carbonyl (C=O) groups is 3. The van der Waals surface area contributed by atoms with Crippen molar-refractivity contribution in [2.24, 2.45) is 23.7 Å². The minimum Gasteiger partial charge on any atom is -0.389 e. The van der Waals surface area contributed by atoms with E-state index in [0.29, 0.717) is 31.4 Å². The lowest BCUT2D eigenvalue weighted by molar-refractivity contribution is -0.144. The van der Waals surface area contributed by atoms with Crippen LogP contribution in [0, 0.1) is 23.7 Å². The van der Waals surface area contributed by atoms with Crippen molar-refractivity contribution in [3.63, 3.8) is 0 Å². The van der Waals surface area contributed by atoms with E-state index in [2.05, 4.69) is 10.6 Å². The van der Waals surface area contributed by atoms with Crippen LogP contribution < -0.4 is 10.6 Å². The second kappa shape index (κ2) is 7.03. The molecule has 164 valence electrons. The molecule has 1 aromatic rings. The first-order valence-electron chi connectivity index (χ1n) is 11.3. The van der Waals surface area contributed by atoms with Gasteiger partial charge in [0, 0.05) is 24.2 Å². The molecule has 4 bridgehead atoms. The van der Waals surface area contributed by atoms with Crippen LogP contribution in [0.5, 0.6) is 0 Å². The first-order chi connectivity index (χ1) is 15.0. The summed E-state index contributed by atoms with van der Waals surface area (Å²) in [6.07, 6.45) is 3.20. The van der Waals surface area contributed by atoms with E-state index in [1.165, 1.54) is 4.90 Å². The first-order valence-corrected chi connectivity index (χ1v) is 11.3. The topological polar surface area (TPSA) is 108 Å². The van der Waals surface area contributed by atoms with Crippen LogP contribution in [0.2, 0.25) is 0 Å². The van der Waals surface area contributed by atoms with Gasteiger partial charge in [-0.25, -0.2) is 0 Å². The molecule has 2 saturated heterocycles. The number of anilines is 1. The third-order valence-corrected chi connectivity index (χ3v) is 8.01. The quantitative estimate of drug-likeness (QED) is 0.620. The summed E-state index contributed by atoms with van der Waals surface area (Å²) in [5.41, 5.74) is 2.91. The Hall–Kier alpha value is -2.45. The highest BCUT2D eigenvalue weighted by Crippen LogP contribution is 2.56. The Kier molecular flexibility index (Phi) is 4.37. The van der Waals surface area contributed by atoms with Crippen LogP contribution in [-0.4, -0.2) is 53.0 Å². The Bertz CT molecular complexity index is 937. The maximum absolute atomic E-state index is 12.8. The maximum atomic E-state index is 12.8. The molecule has 1 aromatic carbocycles. The van der Waals surface area contributed by atoms with E-state index in [1.54, 1.807) is 0 Å². The van der Waals surface area contributed by atoms with Crippen molar-refractivity contribution in [1.29, 1.82) is 0 Å². The number of benzene rings is 1. The van der Waals surface area contributed by atoms with Gasteiger partial charge in [-0.1, -0.05) is 6.07 Å². The van der Waals surface area contributed by atoms with Crippen LogP contribution in [0.15, 0.2) is 18.2 Å². The molecular weight excluding hydrogens is 398 g/mol. The van der Waals surface area contributed by atoms with E-state index in [0.717, 1.165) is 36.1 Å². The van der Waals surface area contributed by atoms with Crippen molar-refractivity contribution in [3.05, 3.63) is 29.3 Å². The largest absolute Gasteiger partial charge is 0.389 e. The van der Waals surface area contributed by atoms with Gasteiger partial charge in [-0.3, -0.25) is 19.3 Å². The number of carbonyl (C=O) groups excluding carboxylic acids is 3. The number of likely N-dealkylation sites (tertiary alicyclic amines) is 1. The number of nitrogens with one attached hydrogen (secondary N) is 2. The minimum atomic E-state index is -0.505. The third kappa shape index (κ3) is 2.99. The van der Waals surface area contributed by atoms with Gasteiger partial charge in [-0.05, 0) is 48.8 Å². The zero-order valence-corrected chi connectivity index (χ0v) is 17.3. The van der Waals surface area contributed by atoms with Gasteiger partial charge in [-0.15, -0.1) is 0 Å². The van der Waals surface area contributed by atoms with Crippen LogP contribution in [0.25, 0.3) is 0 Å². The van der Waals surface area contributed by atoms with Gasteiger partial charge >= 0.3 is 0 Å². The zero-order valence-electron chi connectivity index (χ0n) is 17.3. The van der Waals surface area contributed by atoms with Gasteiger partial charge in [0.25, 0.3) is 0 Å². The summed E-state index contributed by atoms with van der Waals surface area (Å²) in [4.78, 5) is 39.3. The Morgan fingerprint density at radius 1 is 1.16 bits per heavy atom. The van der Waals surface area contributed by atoms with E-state index in [9.17, 15) is 19.5 Å². The Labute approximate surface area is 180 Å². The molecule has 0 radical (unpaired) electrons. The predicted octanol–water partition coefficient (Wildman–Crippen LogP) is 0.950. The molecule has 3 N–H and O–H groups in total. The lowest BCUT2D eigenvalue weighted by atomic mass is 9.81. The van der Waals surface area contributed by atoms with E-state index in [4.69, 9.17) is 4.74 Å². The van der Waals surface area contributed by atoms with Crippen molar-refractivity contribution in [1.82, 2.24) is 10.2 Å². The molecule has 3 aliphatic heterocycles. The molecule has 3 amide bonds. The summed E-state index contributed by atoms with van der Waals surface area (Å²) in [5, 5.41) is 16.2. The van der Waals surface area contributed by atoms with E-state index in [1.807, 2.05) is 18.2 Å². The molecule has 4 fully saturated rings. The summed E-state index contributed by atoms with van der Waals surface area (Å²) in [6, 6.07) is 5.88. The second-order valence-electron chi connectivity index (χ2n) is 9.72. The monoisotopic (exact) mass is 425 g/mol. The molecule has 0 spiro atoms. The fourth-order valence-electron chi connectivity index (χ4n) is 6.50. The highest BCUT2D eigenvalue weighted by atomic mass is 16.5. The first kappa shape index (κ1) is 19.3. The van der Waals surface area contributed by atoms with Gasteiger partial charge in [0.1, 0.15) is 6.54 Å². The number of ether oxygens (including phenoxy) is 1. The Morgan fingerprint density at radius 3 is 2.65 bits per heavy atom. The maximum Gasteiger partial charge on any atom is 0.240 e. The van der Waals surface area contributed by atoms with E-state index in [-0.39, 0.29) is 48.2 Å². The summed E-state index contributed by atoms with van der Waals surface area (Å²) < 4.78 is 5.78. The third-order valence-electron chi connectivity index (χ3n) is 8.01. The molecule has 4 unspecified atom stereocenters. The number of fused-ring (bicyclic) bond motifs is 9. The van der Waals surface area contributed by atoms with Crippen molar-refractivity contribution in [3.8, 4) is 0 Å². The van der Waals surface area contributed by atoms with Crippen LogP contribution in [0.1, 0.15) is 42.9 Å². The predicted molar refractivity (Wildman–Crippen MR) is 110 cm³/mol. The SMILES string of the molecule is O=C(CN1C(=O)C2C3CCC(C3)C2C1=O)NCc1ccc2c(c1)[C@H]1C[C@@H](N2)[C@H](O)CO1. The number of aliphatic hydroxyl groups excluding tert-OH is 1. The van der Waals surface area contributed by atoms with Crippen LogP contribution in [0.4, 0.5) is 5.69 Å². The average Bonchev–Trinajstić information content (AvgIpc) is 3.45. The lowest BCUT2D eigenvalue weighted by Gasteiger charge is -2.40. The normalized spacial score (nSPS) is 37.5. The molecule has 6 rings (SSSR count). The molecule has 31 heavy (non-hydrogen) atoms. The van der Waals surface area contributed by atoms with E-state index < -0.39 is 6.10 Å². The fraction of sp³-hybridized carbons (Fsp3) is 0.609. The van der Waals surface area contributed by atoms with Gasteiger partial charge in [0.2, 0.25) is 17.7 Å². The molecule has 7 atom stereocenters. The summed E-state index contributed by atoms with van der Waals surface area (Å²) >= 11 is 0. The van der Waals surface area contributed by atoms with E-state index >= 15 is 0 Å². The number of hydrogen-bond donors (Lipinski definition) is 3. The molecule has 3 heterocycles. The summed E-state index contributed by atoms with van der Waals surface area (Å²) in [5.74, 6) is -0.346. The number of aliphatic hydroxyl groups is 1. The highest BCUT2D eigenvalue weighted by molar-refractivity contribution is 6.08. The molecule has 2 aliphatic carbocycles. The van der Waals surface area contributed by atoms with Gasteiger partial charge in [-0.2, -0.15) is 0 Å². The standard InChI is InChI=1S/C23H27N3O5/c27-17-10-31-18-7-16(17)25-15-4-1-11(5-14(15)18)8-24-19(28)9-26-22(29)20-12-2-3-13(6-12)21(20)23(26)30/h1,4-5,12-13,16-18,20-21,25,27H,2-3,6-10H2,(H,24,28)/t12?,13?,16-,17-,18-,20?,21?/m1/s1. The van der Waals surface area contributed by atoms with Crippen molar-refractivity contribution < 1.29 is 24.2 Å². The number of hydrogen-bond acceptors (Lipinski definition) is 6. The minimum absolute atomic E-state index is 0.00191. The average molecular weight is 425 g/mol. The van der Waals surface area contributed by atoms with Crippen LogP contribution in [-0.2, 0) is 25.7 Å². The molecule has 5 aliphatic rings. The Balaban J connectivity index is 1.09. The van der Waals surface area contributed by atoms with Crippen molar-refractivity contribution >= 4 is 23.4 Å².